The van der Waals surface area contributed by atoms with E-state index < -0.39 is 0 Å². The van der Waals surface area contributed by atoms with Gasteiger partial charge < -0.3 is 10.6 Å². The van der Waals surface area contributed by atoms with Crippen molar-refractivity contribution >= 4 is 11.8 Å². The fourth-order valence-corrected chi connectivity index (χ4v) is 2.83. The smallest absolute Gasteiger partial charge is 0.244 e. The van der Waals surface area contributed by atoms with Crippen LogP contribution in [-0.4, -0.2) is 48.8 Å². The van der Waals surface area contributed by atoms with Gasteiger partial charge in [-0.3, -0.25) is 14.5 Å². The Morgan fingerprint density at radius 2 is 1.76 bits per heavy atom. The van der Waals surface area contributed by atoms with Crippen LogP contribution in [0.2, 0.25) is 0 Å². The van der Waals surface area contributed by atoms with E-state index in [4.69, 9.17) is 5.73 Å². The summed E-state index contributed by atoms with van der Waals surface area (Å²) >= 11 is 0. The first kappa shape index (κ1) is 15.5. The summed E-state index contributed by atoms with van der Waals surface area (Å²) in [6, 6.07) is 9.51. The van der Waals surface area contributed by atoms with Gasteiger partial charge in [-0.15, -0.1) is 0 Å². The predicted molar refractivity (Wildman–Crippen MR) is 81.4 cm³/mol. The summed E-state index contributed by atoms with van der Waals surface area (Å²) in [6.07, 6.45) is 1.44. The number of amides is 2. The standard InChI is InChI=1S/C16H23N3O2/c1-18(2)16(21)14(12-6-4-3-5-7-12)19-10-8-13(9-11-19)15(17)20/h3-7,13-14H,8-11H2,1-2H3,(H2,17,20). The van der Waals surface area contributed by atoms with E-state index in [1.165, 1.54) is 0 Å². The second-order valence-corrected chi connectivity index (χ2v) is 5.76. The van der Waals surface area contributed by atoms with Gasteiger partial charge in [-0.2, -0.15) is 0 Å². The van der Waals surface area contributed by atoms with Crippen molar-refractivity contribution in [2.45, 2.75) is 18.9 Å². The number of carbonyl (C=O) groups is 2. The maximum Gasteiger partial charge on any atom is 0.244 e. The molecule has 5 nitrogen and oxygen atoms in total. The Labute approximate surface area is 125 Å². The van der Waals surface area contributed by atoms with E-state index in [0.717, 1.165) is 18.4 Å². The van der Waals surface area contributed by atoms with Crippen molar-refractivity contribution in [1.29, 1.82) is 0 Å². The van der Waals surface area contributed by atoms with Crippen LogP contribution in [-0.2, 0) is 9.59 Å². The number of nitrogens with two attached hydrogens (primary N) is 1. The molecule has 2 amide bonds. The fourth-order valence-electron chi connectivity index (χ4n) is 2.83. The molecule has 1 heterocycles. The van der Waals surface area contributed by atoms with Crippen LogP contribution in [0.25, 0.3) is 0 Å². The topological polar surface area (TPSA) is 66.6 Å². The average Bonchev–Trinajstić information content (AvgIpc) is 2.49. The number of carbonyl (C=O) groups excluding carboxylic acids is 2. The van der Waals surface area contributed by atoms with E-state index in [2.05, 4.69) is 4.90 Å². The molecule has 0 aliphatic carbocycles. The summed E-state index contributed by atoms with van der Waals surface area (Å²) in [4.78, 5) is 27.6. The van der Waals surface area contributed by atoms with E-state index in [9.17, 15) is 9.59 Å². The molecule has 1 saturated heterocycles. The predicted octanol–water partition coefficient (Wildman–Crippen LogP) is 1.01. The van der Waals surface area contributed by atoms with Gasteiger partial charge in [0.15, 0.2) is 0 Å². The summed E-state index contributed by atoms with van der Waals surface area (Å²) in [6.45, 7) is 1.43. The van der Waals surface area contributed by atoms with Crippen LogP contribution in [0, 0.1) is 5.92 Å². The Morgan fingerprint density at radius 3 is 2.24 bits per heavy atom. The lowest BCUT2D eigenvalue weighted by Gasteiger charge is -2.37. The van der Waals surface area contributed by atoms with E-state index in [-0.39, 0.29) is 23.8 Å². The molecule has 1 aromatic rings. The maximum atomic E-state index is 12.6. The van der Waals surface area contributed by atoms with Crippen LogP contribution in [0.15, 0.2) is 30.3 Å². The molecule has 21 heavy (non-hydrogen) atoms. The number of likely N-dealkylation sites (tertiary alicyclic amines) is 1. The molecular weight excluding hydrogens is 266 g/mol. The van der Waals surface area contributed by atoms with Crippen LogP contribution < -0.4 is 5.73 Å². The number of rotatable bonds is 4. The van der Waals surface area contributed by atoms with Gasteiger partial charge in [0.25, 0.3) is 0 Å². The van der Waals surface area contributed by atoms with Gasteiger partial charge in [0.1, 0.15) is 6.04 Å². The van der Waals surface area contributed by atoms with Gasteiger partial charge in [-0.05, 0) is 31.5 Å². The lowest BCUT2D eigenvalue weighted by atomic mass is 9.93. The van der Waals surface area contributed by atoms with Gasteiger partial charge >= 0.3 is 0 Å². The highest BCUT2D eigenvalue weighted by atomic mass is 16.2. The van der Waals surface area contributed by atoms with Crippen LogP contribution in [0.1, 0.15) is 24.4 Å². The average molecular weight is 289 g/mol. The number of primary amides is 1. The van der Waals surface area contributed by atoms with Crippen molar-refractivity contribution in [3.05, 3.63) is 35.9 Å². The molecule has 1 aliphatic rings. The summed E-state index contributed by atoms with van der Waals surface area (Å²) in [5.74, 6) is -0.226. The third kappa shape index (κ3) is 3.61. The van der Waals surface area contributed by atoms with E-state index in [1.807, 2.05) is 30.3 Å². The van der Waals surface area contributed by atoms with Crippen molar-refractivity contribution in [2.24, 2.45) is 11.7 Å². The number of hydrogen-bond acceptors (Lipinski definition) is 3. The van der Waals surface area contributed by atoms with Crippen LogP contribution in [0.5, 0.6) is 0 Å². The van der Waals surface area contributed by atoms with E-state index >= 15 is 0 Å². The van der Waals surface area contributed by atoms with Crippen molar-refractivity contribution in [3.8, 4) is 0 Å². The van der Waals surface area contributed by atoms with Crippen molar-refractivity contribution in [1.82, 2.24) is 9.80 Å². The molecule has 0 aromatic heterocycles. The van der Waals surface area contributed by atoms with Gasteiger partial charge in [-0.25, -0.2) is 0 Å². The molecule has 0 saturated carbocycles. The minimum atomic E-state index is -0.282. The normalized spacial score (nSPS) is 18.2. The SMILES string of the molecule is CN(C)C(=O)C(c1ccccc1)N1CCC(C(N)=O)CC1. The zero-order valence-electron chi connectivity index (χ0n) is 12.7. The molecule has 5 heteroatoms. The summed E-state index contributed by atoms with van der Waals surface area (Å²) in [7, 11) is 3.54. The highest BCUT2D eigenvalue weighted by Gasteiger charge is 2.33. The van der Waals surface area contributed by atoms with Gasteiger partial charge in [0.05, 0.1) is 0 Å². The minimum absolute atomic E-state index is 0.0628. The quantitative estimate of drug-likeness (QED) is 0.899. The molecular formula is C16H23N3O2. The lowest BCUT2D eigenvalue weighted by Crippen LogP contribution is -2.45. The molecule has 1 aromatic carbocycles. The summed E-state index contributed by atoms with van der Waals surface area (Å²) in [5, 5.41) is 0. The second-order valence-electron chi connectivity index (χ2n) is 5.76. The Balaban J connectivity index is 2.18. The van der Waals surface area contributed by atoms with Crippen molar-refractivity contribution < 1.29 is 9.59 Å². The first-order valence-corrected chi connectivity index (χ1v) is 7.30. The minimum Gasteiger partial charge on any atom is -0.369 e. The van der Waals surface area contributed by atoms with Gasteiger partial charge in [-0.1, -0.05) is 30.3 Å². The van der Waals surface area contributed by atoms with Crippen molar-refractivity contribution in [3.63, 3.8) is 0 Å². The van der Waals surface area contributed by atoms with Crippen LogP contribution >= 0.6 is 0 Å². The summed E-state index contributed by atoms with van der Waals surface area (Å²) < 4.78 is 0. The highest BCUT2D eigenvalue weighted by Crippen LogP contribution is 2.28. The zero-order valence-corrected chi connectivity index (χ0v) is 12.7. The Bertz CT molecular complexity index is 494. The van der Waals surface area contributed by atoms with Crippen LogP contribution in [0.4, 0.5) is 0 Å². The molecule has 2 N–H and O–H groups in total. The monoisotopic (exact) mass is 289 g/mol. The molecule has 0 spiro atoms. The third-order valence-electron chi connectivity index (χ3n) is 4.09. The fraction of sp³-hybridized carbons (Fsp3) is 0.500. The molecule has 1 aliphatic heterocycles. The van der Waals surface area contributed by atoms with E-state index in [1.54, 1.807) is 19.0 Å². The molecule has 0 bridgehead atoms. The summed E-state index contributed by atoms with van der Waals surface area (Å²) in [5.41, 5.74) is 6.37. The molecule has 114 valence electrons. The second kappa shape index (κ2) is 6.72. The number of likely N-dealkylation sites (N-methyl/N-ethyl adjacent to an activating group) is 1. The number of nitrogens with zero attached hydrogens (tertiary/aromatic N) is 2. The maximum absolute atomic E-state index is 12.6. The number of benzene rings is 1. The molecule has 2 rings (SSSR count). The molecule has 1 atom stereocenters. The Hall–Kier alpha value is -1.88. The largest absolute Gasteiger partial charge is 0.369 e. The molecule has 0 radical (unpaired) electrons. The first-order valence-electron chi connectivity index (χ1n) is 7.30. The Kier molecular flexibility index (Phi) is 4.96. The van der Waals surface area contributed by atoms with Crippen molar-refractivity contribution in [2.75, 3.05) is 27.2 Å². The molecule has 1 unspecified atom stereocenters. The first-order chi connectivity index (χ1) is 10.0. The molecule has 1 fully saturated rings. The van der Waals surface area contributed by atoms with Gasteiger partial charge in [0.2, 0.25) is 11.8 Å². The van der Waals surface area contributed by atoms with Gasteiger partial charge in [0, 0.05) is 20.0 Å². The van der Waals surface area contributed by atoms with E-state index in [0.29, 0.717) is 13.1 Å². The third-order valence-corrected chi connectivity index (χ3v) is 4.09. The number of piperidine rings is 1. The number of hydrogen-bond donors (Lipinski definition) is 1. The lowest BCUT2D eigenvalue weighted by molar-refractivity contribution is -0.135. The Morgan fingerprint density at radius 1 is 1.19 bits per heavy atom. The van der Waals surface area contributed by atoms with Crippen LogP contribution in [0.3, 0.4) is 0 Å². The highest BCUT2D eigenvalue weighted by molar-refractivity contribution is 5.83. The zero-order chi connectivity index (χ0) is 15.4.